The van der Waals surface area contributed by atoms with E-state index in [0.717, 1.165) is 6.33 Å². The first kappa shape index (κ1) is 15.8. The van der Waals surface area contributed by atoms with Gasteiger partial charge in [0.25, 0.3) is 0 Å². The summed E-state index contributed by atoms with van der Waals surface area (Å²) in [4.78, 5) is 12.1. The number of carbonyl (C=O) groups is 1. The number of rotatable bonds is 7. The molecule has 0 amide bonds. The van der Waals surface area contributed by atoms with Gasteiger partial charge in [0.05, 0.1) is 6.54 Å². The molecule has 0 saturated heterocycles. The Morgan fingerprint density at radius 2 is 1.95 bits per heavy atom. The monoisotopic (exact) mass is 309 g/mol. The third-order valence-corrected chi connectivity index (χ3v) is 2.79. The summed E-state index contributed by atoms with van der Waals surface area (Å²) >= 11 is 0. The predicted octanol–water partition coefficient (Wildman–Crippen LogP) is 0.929. The van der Waals surface area contributed by atoms with Gasteiger partial charge >= 0.3 is 5.97 Å². The second kappa shape index (κ2) is 7.46. The number of carboxylic acid groups (broad SMARTS) is 1. The van der Waals surface area contributed by atoms with Crippen LogP contribution in [-0.4, -0.2) is 56.1 Å². The van der Waals surface area contributed by atoms with Crippen molar-refractivity contribution in [3.8, 4) is 11.4 Å². The van der Waals surface area contributed by atoms with Crippen molar-refractivity contribution in [2.45, 2.75) is 6.54 Å². The van der Waals surface area contributed by atoms with Crippen LogP contribution >= 0.6 is 0 Å². The zero-order valence-electron chi connectivity index (χ0n) is 11.5. The molecule has 2 aromatic rings. The predicted molar refractivity (Wildman–Crippen MR) is 71.9 cm³/mol. The second-order valence-electron chi connectivity index (χ2n) is 4.51. The first-order chi connectivity index (χ1) is 10.6. The molecular formula is C13H13F2N5O2. The number of nitrogens with zero attached hydrogens (tertiary/aromatic N) is 5. The van der Waals surface area contributed by atoms with E-state index < -0.39 is 18.5 Å². The number of aromatic nitrogens is 4. The van der Waals surface area contributed by atoms with E-state index in [1.54, 1.807) is 6.07 Å². The maximum Gasteiger partial charge on any atom is 0.317 e. The molecule has 22 heavy (non-hydrogen) atoms. The molecule has 0 aliphatic rings. The molecule has 1 N–H and O–H groups in total. The highest BCUT2D eigenvalue weighted by Crippen LogP contribution is 2.18. The zero-order chi connectivity index (χ0) is 15.9. The van der Waals surface area contributed by atoms with Crippen LogP contribution in [0.3, 0.4) is 0 Å². The summed E-state index contributed by atoms with van der Waals surface area (Å²) in [7, 11) is 0. The van der Waals surface area contributed by atoms with Crippen molar-refractivity contribution in [3.05, 3.63) is 35.9 Å². The molecule has 9 heteroatoms. The van der Waals surface area contributed by atoms with Crippen LogP contribution in [0.4, 0.5) is 8.78 Å². The molecule has 1 aromatic carbocycles. The van der Waals surface area contributed by atoms with Gasteiger partial charge < -0.3 is 5.11 Å². The lowest BCUT2D eigenvalue weighted by Gasteiger charge is -2.19. The smallest absolute Gasteiger partial charge is 0.317 e. The number of halogens is 2. The molecule has 0 radical (unpaired) electrons. The summed E-state index contributed by atoms with van der Waals surface area (Å²) in [5, 5.41) is 23.4. The summed E-state index contributed by atoms with van der Waals surface area (Å²) in [6.07, 6.45) is 1.15. The van der Waals surface area contributed by atoms with E-state index in [-0.39, 0.29) is 25.5 Å². The van der Waals surface area contributed by atoms with Gasteiger partial charge in [-0.05, 0) is 23.8 Å². The van der Waals surface area contributed by atoms with Crippen molar-refractivity contribution in [2.75, 3.05) is 19.8 Å². The Balaban J connectivity index is 2.23. The van der Waals surface area contributed by atoms with Crippen LogP contribution in [0.15, 0.2) is 24.5 Å². The van der Waals surface area contributed by atoms with Crippen LogP contribution in [0.2, 0.25) is 0 Å². The third-order valence-electron chi connectivity index (χ3n) is 2.79. The molecule has 1 heterocycles. The molecule has 0 atom stereocenters. The van der Waals surface area contributed by atoms with Gasteiger partial charge in [0.1, 0.15) is 12.5 Å². The molecule has 0 spiro atoms. The van der Waals surface area contributed by atoms with Crippen molar-refractivity contribution >= 4 is 5.97 Å². The topological polar surface area (TPSA) is 92.1 Å². The molecule has 116 valence electrons. The minimum absolute atomic E-state index is 0.0525. The summed E-state index contributed by atoms with van der Waals surface area (Å²) in [5.74, 6) is -1.46. The molecule has 7 nitrogen and oxygen atoms in total. The average molecular weight is 309 g/mol. The lowest BCUT2D eigenvalue weighted by Crippen LogP contribution is -2.31. The van der Waals surface area contributed by atoms with Gasteiger partial charge in [0.2, 0.25) is 5.82 Å². The van der Waals surface area contributed by atoms with Gasteiger partial charge in [-0.1, -0.05) is 0 Å². The van der Waals surface area contributed by atoms with E-state index in [4.69, 9.17) is 5.11 Å². The van der Waals surface area contributed by atoms with Gasteiger partial charge in [0.15, 0.2) is 6.33 Å². The van der Waals surface area contributed by atoms with E-state index in [1.807, 2.05) is 0 Å². The maximum atomic E-state index is 13.7. The van der Waals surface area contributed by atoms with E-state index in [2.05, 4.69) is 20.4 Å². The lowest BCUT2D eigenvalue weighted by atomic mass is 10.1. The average Bonchev–Trinajstić information content (AvgIpc) is 2.47. The van der Waals surface area contributed by atoms with Crippen LogP contribution in [0.5, 0.6) is 0 Å². The Bertz CT molecular complexity index is 642. The normalized spacial score (nSPS) is 10.9. The highest BCUT2D eigenvalue weighted by molar-refractivity contribution is 5.69. The molecule has 1 aromatic heterocycles. The summed E-state index contributed by atoms with van der Waals surface area (Å²) < 4.78 is 26.2. The van der Waals surface area contributed by atoms with E-state index in [0.29, 0.717) is 11.1 Å². The largest absolute Gasteiger partial charge is 0.480 e. The third kappa shape index (κ3) is 4.48. The quantitative estimate of drug-likeness (QED) is 0.813. The number of benzene rings is 1. The minimum atomic E-state index is -1.08. The maximum absolute atomic E-state index is 13.7. The molecule has 0 saturated carbocycles. The first-order valence-electron chi connectivity index (χ1n) is 6.39. The fourth-order valence-corrected chi connectivity index (χ4v) is 1.97. The Labute approximate surface area is 124 Å². The second-order valence-corrected chi connectivity index (χ2v) is 4.51. The van der Waals surface area contributed by atoms with Crippen molar-refractivity contribution in [1.82, 2.24) is 25.3 Å². The zero-order valence-corrected chi connectivity index (χ0v) is 11.5. The Morgan fingerprint density at radius 1 is 1.23 bits per heavy atom. The summed E-state index contributed by atoms with van der Waals surface area (Å²) in [5.41, 5.74) is 0.850. The van der Waals surface area contributed by atoms with E-state index in [9.17, 15) is 13.6 Å². The number of alkyl halides is 1. The Kier molecular flexibility index (Phi) is 5.37. The van der Waals surface area contributed by atoms with Crippen molar-refractivity contribution in [2.24, 2.45) is 0 Å². The van der Waals surface area contributed by atoms with Crippen LogP contribution in [-0.2, 0) is 11.3 Å². The van der Waals surface area contributed by atoms with Gasteiger partial charge in [-0.15, -0.1) is 20.4 Å². The number of hydrogen-bond acceptors (Lipinski definition) is 6. The lowest BCUT2D eigenvalue weighted by molar-refractivity contribution is -0.138. The van der Waals surface area contributed by atoms with E-state index in [1.165, 1.54) is 17.0 Å². The highest BCUT2D eigenvalue weighted by Gasteiger charge is 2.13. The molecule has 0 bridgehead atoms. The fraction of sp³-hybridized carbons (Fsp3) is 0.308. The molecule has 0 unspecified atom stereocenters. The Hall–Kier alpha value is -2.55. The standard InChI is InChI=1S/C13H13F2N5O2/c14-1-2-20(7-12(21)22)6-9-3-10(5-11(15)4-9)13-18-16-8-17-19-13/h3-5,8H,1-2,6-7H2,(H,21,22). The minimum Gasteiger partial charge on any atom is -0.480 e. The molecule has 0 aliphatic heterocycles. The van der Waals surface area contributed by atoms with Crippen molar-refractivity contribution in [1.29, 1.82) is 0 Å². The molecular weight excluding hydrogens is 296 g/mol. The molecule has 2 rings (SSSR count). The van der Waals surface area contributed by atoms with Crippen LogP contribution < -0.4 is 0 Å². The number of aliphatic carboxylic acids is 1. The van der Waals surface area contributed by atoms with Crippen LogP contribution in [0.25, 0.3) is 11.4 Å². The van der Waals surface area contributed by atoms with Gasteiger partial charge in [-0.25, -0.2) is 8.78 Å². The number of carboxylic acids is 1. The number of hydrogen-bond donors (Lipinski definition) is 1. The van der Waals surface area contributed by atoms with Crippen LogP contribution in [0, 0.1) is 5.82 Å². The van der Waals surface area contributed by atoms with Crippen molar-refractivity contribution in [3.63, 3.8) is 0 Å². The van der Waals surface area contributed by atoms with E-state index >= 15 is 0 Å². The van der Waals surface area contributed by atoms with Gasteiger partial charge in [-0.2, -0.15) is 0 Å². The van der Waals surface area contributed by atoms with Crippen LogP contribution in [0.1, 0.15) is 5.56 Å². The fourth-order valence-electron chi connectivity index (χ4n) is 1.97. The highest BCUT2D eigenvalue weighted by atomic mass is 19.1. The molecule has 0 fully saturated rings. The first-order valence-corrected chi connectivity index (χ1v) is 6.39. The van der Waals surface area contributed by atoms with Gasteiger partial charge in [0, 0.05) is 18.7 Å². The summed E-state index contributed by atoms with van der Waals surface area (Å²) in [6, 6.07) is 4.06. The van der Waals surface area contributed by atoms with Crippen molar-refractivity contribution < 1.29 is 18.7 Å². The van der Waals surface area contributed by atoms with Gasteiger partial charge in [-0.3, -0.25) is 9.69 Å². The SMILES string of the molecule is O=C(O)CN(CCF)Cc1cc(F)cc(-c2nncnn2)c1. The molecule has 0 aliphatic carbocycles. The summed E-state index contributed by atoms with van der Waals surface area (Å²) in [6.45, 7) is -0.983. The Morgan fingerprint density at radius 3 is 2.59 bits per heavy atom.